The third kappa shape index (κ3) is 2.96. The lowest BCUT2D eigenvalue weighted by molar-refractivity contribution is -0.171. The van der Waals surface area contributed by atoms with Crippen molar-refractivity contribution in [3.8, 4) is 5.75 Å². The third-order valence-electron chi connectivity index (χ3n) is 4.35. The van der Waals surface area contributed by atoms with Gasteiger partial charge >= 0.3 is 5.97 Å². The number of sulfone groups is 1. The largest absolute Gasteiger partial charge is 0.489 e. The average molecular weight is 377 g/mol. The molecule has 1 heterocycles. The Morgan fingerprint density at radius 3 is 2.27 bits per heavy atom. The van der Waals surface area contributed by atoms with Crippen molar-refractivity contribution < 1.29 is 27.9 Å². The van der Waals surface area contributed by atoms with Crippen molar-refractivity contribution >= 4 is 15.8 Å². The van der Waals surface area contributed by atoms with Crippen LogP contribution in [-0.4, -0.2) is 49.3 Å². The summed E-state index contributed by atoms with van der Waals surface area (Å²) in [6.45, 7) is -0.157. The number of ether oxygens (including phenoxy) is 2. The van der Waals surface area contributed by atoms with Gasteiger partial charge < -0.3 is 14.7 Å². The minimum absolute atomic E-state index is 0.0789. The molecule has 2 atom stereocenters. The van der Waals surface area contributed by atoms with Gasteiger partial charge in [0.25, 0.3) is 4.87 Å². The van der Waals surface area contributed by atoms with Crippen LogP contribution in [0.5, 0.6) is 5.75 Å². The molecule has 8 heteroatoms. The van der Waals surface area contributed by atoms with Gasteiger partial charge in [-0.3, -0.25) is 0 Å². The standard InChI is InChI=1S/C18H19NO6S/c1-24-17(20)18(26(22,23)16-10-6-3-7-11-16)12-15(13-19(18)21)25-14-8-4-2-5-9-14/h2-11,15,21H,12-13H2,1H3/t15-,18-/m1/s1. The third-order valence-corrected chi connectivity index (χ3v) is 6.67. The fourth-order valence-corrected chi connectivity index (χ4v) is 5.06. The summed E-state index contributed by atoms with van der Waals surface area (Å²) in [6, 6.07) is 16.3. The molecule has 0 unspecified atom stereocenters. The smallest absolute Gasteiger partial charge is 0.344 e. The molecule has 0 saturated carbocycles. The minimum atomic E-state index is -4.26. The zero-order chi connectivity index (χ0) is 18.8. The fourth-order valence-electron chi connectivity index (χ4n) is 3.09. The Hall–Kier alpha value is -2.42. The van der Waals surface area contributed by atoms with Crippen LogP contribution in [0.25, 0.3) is 0 Å². The molecule has 7 nitrogen and oxygen atoms in total. The first-order valence-electron chi connectivity index (χ1n) is 7.98. The van der Waals surface area contributed by atoms with E-state index in [2.05, 4.69) is 0 Å². The average Bonchev–Trinajstić information content (AvgIpc) is 3.00. The van der Waals surface area contributed by atoms with Gasteiger partial charge in [0, 0.05) is 6.42 Å². The molecule has 1 fully saturated rings. The molecular formula is C18H19NO6S. The summed E-state index contributed by atoms with van der Waals surface area (Å²) in [6.07, 6.45) is -0.970. The molecule has 1 aliphatic heterocycles. The van der Waals surface area contributed by atoms with Crippen LogP contribution in [0.2, 0.25) is 0 Å². The Balaban J connectivity index is 2.00. The molecule has 1 saturated heterocycles. The first-order valence-corrected chi connectivity index (χ1v) is 9.46. The van der Waals surface area contributed by atoms with Gasteiger partial charge in [-0.15, -0.1) is 0 Å². The number of carbonyl (C=O) groups excluding carboxylic acids is 1. The van der Waals surface area contributed by atoms with E-state index in [0.29, 0.717) is 10.8 Å². The molecule has 2 aromatic rings. The molecule has 1 aliphatic rings. The van der Waals surface area contributed by atoms with Crippen LogP contribution in [-0.2, 0) is 19.4 Å². The normalized spacial score (nSPS) is 23.5. The van der Waals surface area contributed by atoms with Crippen molar-refractivity contribution in [1.82, 2.24) is 5.06 Å². The summed E-state index contributed by atoms with van der Waals surface area (Å²) >= 11 is 0. The van der Waals surface area contributed by atoms with Crippen molar-refractivity contribution in [1.29, 1.82) is 0 Å². The number of nitrogens with zero attached hydrogens (tertiary/aromatic N) is 1. The van der Waals surface area contributed by atoms with E-state index in [4.69, 9.17) is 9.47 Å². The van der Waals surface area contributed by atoms with E-state index in [1.54, 1.807) is 42.5 Å². The lowest BCUT2D eigenvalue weighted by Crippen LogP contribution is -2.55. The molecule has 3 rings (SSSR count). The molecule has 138 valence electrons. The lowest BCUT2D eigenvalue weighted by atomic mass is 10.2. The number of hydrogen-bond acceptors (Lipinski definition) is 7. The lowest BCUT2D eigenvalue weighted by Gasteiger charge is -2.30. The number of esters is 1. The number of benzene rings is 2. The van der Waals surface area contributed by atoms with E-state index in [9.17, 15) is 18.4 Å². The second-order valence-electron chi connectivity index (χ2n) is 5.93. The molecular weight excluding hydrogens is 358 g/mol. The number of hydrogen-bond donors (Lipinski definition) is 1. The fraction of sp³-hybridized carbons (Fsp3) is 0.278. The zero-order valence-corrected chi connectivity index (χ0v) is 14.9. The quantitative estimate of drug-likeness (QED) is 0.795. The summed E-state index contributed by atoms with van der Waals surface area (Å²) < 4.78 is 36.9. The maximum atomic E-state index is 13.2. The van der Waals surface area contributed by atoms with Gasteiger partial charge in [0.2, 0.25) is 9.84 Å². The van der Waals surface area contributed by atoms with Crippen molar-refractivity contribution in [2.24, 2.45) is 0 Å². The summed E-state index contributed by atoms with van der Waals surface area (Å²) in [5.41, 5.74) is 0. The maximum Gasteiger partial charge on any atom is 0.344 e. The highest BCUT2D eigenvalue weighted by atomic mass is 32.2. The molecule has 0 radical (unpaired) electrons. The Morgan fingerprint density at radius 1 is 1.12 bits per heavy atom. The number of methoxy groups -OCH3 is 1. The molecule has 0 amide bonds. The van der Waals surface area contributed by atoms with E-state index in [-0.39, 0.29) is 17.9 Å². The maximum absolute atomic E-state index is 13.2. The van der Waals surface area contributed by atoms with Gasteiger partial charge in [-0.2, -0.15) is 5.06 Å². The zero-order valence-electron chi connectivity index (χ0n) is 14.1. The van der Waals surface area contributed by atoms with Crippen LogP contribution in [0, 0.1) is 0 Å². The van der Waals surface area contributed by atoms with Gasteiger partial charge in [-0.05, 0) is 24.3 Å². The summed E-state index contributed by atoms with van der Waals surface area (Å²) in [5.74, 6) is -0.535. The second-order valence-corrected chi connectivity index (χ2v) is 8.09. The Morgan fingerprint density at radius 2 is 1.69 bits per heavy atom. The Labute approximate surface area is 151 Å². The van der Waals surface area contributed by atoms with Gasteiger partial charge in [-0.1, -0.05) is 36.4 Å². The van der Waals surface area contributed by atoms with E-state index in [1.807, 2.05) is 6.07 Å². The van der Waals surface area contributed by atoms with Crippen LogP contribution in [0.1, 0.15) is 6.42 Å². The van der Waals surface area contributed by atoms with Crippen molar-refractivity contribution in [2.45, 2.75) is 22.3 Å². The molecule has 0 aliphatic carbocycles. The monoisotopic (exact) mass is 377 g/mol. The molecule has 0 spiro atoms. The first kappa shape index (κ1) is 18.4. The van der Waals surface area contributed by atoms with Gasteiger partial charge in [-0.25, -0.2) is 13.2 Å². The highest BCUT2D eigenvalue weighted by molar-refractivity contribution is 7.93. The van der Waals surface area contributed by atoms with E-state index in [1.165, 1.54) is 12.1 Å². The van der Waals surface area contributed by atoms with E-state index >= 15 is 0 Å². The van der Waals surface area contributed by atoms with Crippen LogP contribution < -0.4 is 4.74 Å². The number of para-hydroxylation sites is 1. The SMILES string of the molecule is COC(=O)[C@]1(S(=O)(=O)c2ccccc2)C[C@@H](Oc2ccccc2)CN1O. The minimum Gasteiger partial charge on any atom is -0.489 e. The number of rotatable bonds is 5. The number of hydroxylamine groups is 2. The van der Waals surface area contributed by atoms with Crippen molar-refractivity contribution in [2.75, 3.05) is 13.7 Å². The van der Waals surface area contributed by atoms with E-state index < -0.39 is 26.8 Å². The molecule has 26 heavy (non-hydrogen) atoms. The second kappa shape index (κ2) is 7.06. The highest BCUT2D eigenvalue weighted by Gasteiger charge is 2.63. The van der Waals surface area contributed by atoms with Crippen LogP contribution >= 0.6 is 0 Å². The summed E-state index contributed by atoms with van der Waals surface area (Å²) in [7, 11) is -3.18. The Kier molecular flexibility index (Phi) is 4.99. The van der Waals surface area contributed by atoms with Crippen LogP contribution in [0.3, 0.4) is 0 Å². The molecule has 0 aromatic heterocycles. The summed E-state index contributed by atoms with van der Waals surface area (Å²) in [4.78, 5) is 10.2. The predicted molar refractivity (Wildman–Crippen MR) is 92.3 cm³/mol. The van der Waals surface area contributed by atoms with Crippen LogP contribution in [0.15, 0.2) is 65.6 Å². The van der Waals surface area contributed by atoms with E-state index in [0.717, 1.165) is 7.11 Å². The Bertz CT molecular complexity index is 871. The number of carbonyl (C=O) groups is 1. The highest BCUT2D eigenvalue weighted by Crippen LogP contribution is 2.39. The van der Waals surface area contributed by atoms with Gasteiger partial charge in [0.1, 0.15) is 11.9 Å². The predicted octanol–water partition coefficient (Wildman–Crippen LogP) is 1.87. The van der Waals surface area contributed by atoms with Crippen LogP contribution in [0.4, 0.5) is 0 Å². The molecule has 1 N–H and O–H groups in total. The molecule has 2 aromatic carbocycles. The van der Waals surface area contributed by atoms with Crippen molar-refractivity contribution in [3.63, 3.8) is 0 Å². The topological polar surface area (TPSA) is 93.1 Å². The molecule has 0 bridgehead atoms. The van der Waals surface area contributed by atoms with Gasteiger partial charge in [0.05, 0.1) is 18.6 Å². The van der Waals surface area contributed by atoms with Gasteiger partial charge in [0.15, 0.2) is 0 Å². The van der Waals surface area contributed by atoms with Crippen molar-refractivity contribution in [3.05, 3.63) is 60.7 Å². The summed E-state index contributed by atoms with van der Waals surface area (Å²) in [5, 5.41) is 11.0. The first-order chi connectivity index (χ1) is 12.4.